The van der Waals surface area contributed by atoms with Crippen LogP contribution in [-0.4, -0.2) is 23.7 Å². The second kappa shape index (κ2) is 5.88. The predicted molar refractivity (Wildman–Crippen MR) is 62.8 cm³/mol. The summed E-state index contributed by atoms with van der Waals surface area (Å²) in [6.45, 7) is 2.18. The molecule has 15 heavy (non-hydrogen) atoms. The van der Waals surface area contributed by atoms with Crippen molar-refractivity contribution in [2.75, 3.05) is 6.54 Å². The average Bonchev–Trinajstić information content (AvgIpc) is 2.17. The molecule has 1 aromatic carbocycles. The lowest BCUT2D eigenvalue weighted by molar-refractivity contribution is 0.0945. The largest absolute Gasteiger partial charge is 0.393 e. The second-order valence-corrected chi connectivity index (χ2v) is 4.23. The first-order chi connectivity index (χ1) is 7.11. The maximum absolute atomic E-state index is 11.6. The smallest absolute Gasteiger partial charge is 0.252 e. The molecule has 0 spiro atoms. The Morgan fingerprint density at radius 1 is 1.53 bits per heavy atom. The zero-order valence-corrected chi connectivity index (χ0v) is 10.1. The van der Waals surface area contributed by atoms with Crippen molar-refractivity contribution in [2.24, 2.45) is 0 Å². The standard InChI is InChI=1S/C11H14BrNO2/c1-8(14)6-7-13-11(15)9-4-2-3-5-10(9)12/h2-5,8,14H,6-7H2,1H3,(H,13,15). The fourth-order valence-electron chi connectivity index (χ4n) is 1.14. The summed E-state index contributed by atoms with van der Waals surface area (Å²) in [5.74, 6) is -0.122. The number of halogens is 1. The number of benzene rings is 1. The topological polar surface area (TPSA) is 49.3 Å². The van der Waals surface area contributed by atoms with Crippen LogP contribution in [-0.2, 0) is 0 Å². The zero-order valence-electron chi connectivity index (χ0n) is 8.53. The lowest BCUT2D eigenvalue weighted by Gasteiger charge is -2.07. The number of hydrogen-bond donors (Lipinski definition) is 2. The van der Waals surface area contributed by atoms with Gasteiger partial charge in [-0.2, -0.15) is 0 Å². The van der Waals surface area contributed by atoms with Crippen molar-refractivity contribution in [3.05, 3.63) is 34.3 Å². The number of carbonyl (C=O) groups excluding carboxylic acids is 1. The van der Waals surface area contributed by atoms with Crippen LogP contribution >= 0.6 is 15.9 Å². The zero-order chi connectivity index (χ0) is 11.3. The minimum atomic E-state index is -0.385. The SMILES string of the molecule is CC(O)CCNC(=O)c1ccccc1Br. The third kappa shape index (κ3) is 4.01. The summed E-state index contributed by atoms with van der Waals surface area (Å²) >= 11 is 3.31. The minimum absolute atomic E-state index is 0.122. The number of nitrogens with one attached hydrogen (secondary N) is 1. The monoisotopic (exact) mass is 271 g/mol. The highest BCUT2D eigenvalue weighted by molar-refractivity contribution is 9.10. The highest BCUT2D eigenvalue weighted by atomic mass is 79.9. The molecule has 0 saturated carbocycles. The Kier molecular flexibility index (Phi) is 4.78. The maximum atomic E-state index is 11.6. The van der Waals surface area contributed by atoms with E-state index in [0.717, 1.165) is 4.47 Å². The first-order valence-corrected chi connectivity index (χ1v) is 5.61. The molecular formula is C11H14BrNO2. The molecule has 1 amide bonds. The fourth-order valence-corrected chi connectivity index (χ4v) is 1.60. The van der Waals surface area contributed by atoms with Gasteiger partial charge < -0.3 is 10.4 Å². The van der Waals surface area contributed by atoms with Crippen molar-refractivity contribution < 1.29 is 9.90 Å². The first-order valence-electron chi connectivity index (χ1n) is 4.82. The van der Waals surface area contributed by atoms with Gasteiger partial charge in [-0.1, -0.05) is 12.1 Å². The Hall–Kier alpha value is -0.870. The van der Waals surface area contributed by atoms with Gasteiger partial charge in [-0.05, 0) is 41.4 Å². The summed E-state index contributed by atoms with van der Waals surface area (Å²) in [6, 6.07) is 7.25. The van der Waals surface area contributed by atoms with Crippen molar-refractivity contribution in [2.45, 2.75) is 19.4 Å². The molecule has 3 nitrogen and oxygen atoms in total. The summed E-state index contributed by atoms with van der Waals surface area (Å²) in [5, 5.41) is 11.8. The molecule has 2 N–H and O–H groups in total. The van der Waals surface area contributed by atoms with Crippen molar-refractivity contribution in [1.29, 1.82) is 0 Å². The minimum Gasteiger partial charge on any atom is -0.393 e. The van der Waals surface area contributed by atoms with Crippen molar-refractivity contribution in [1.82, 2.24) is 5.32 Å². The van der Waals surface area contributed by atoms with E-state index in [1.807, 2.05) is 18.2 Å². The number of rotatable bonds is 4. The number of aliphatic hydroxyl groups is 1. The second-order valence-electron chi connectivity index (χ2n) is 3.37. The number of carbonyl (C=O) groups is 1. The first kappa shape index (κ1) is 12.2. The summed E-state index contributed by atoms with van der Waals surface area (Å²) in [4.78, 5) is 11.6. The van der Waals surface area contributed by atoms with Gasteiger partial charge in [0.05, 0.1) is 11.7 Å². The van der Waals surface area contributed by atoms with Crippen LogP contribution in [0.15, 0.2) is 28.7 Å². The Labute approximate surface area is 97.6 Å². The lowest BCUT2D eigenvalue weighted by atomic mass is 10.2. The normalized spacial score (nSPS) is 12.2. The van der Waals surface area contributed by atoms with Crippen LogP contribution in [0.25, 0.3) is 0 Å². The molecule has 0 heterocycles. The molecule has 82 valence electrons. The molecule has 0 aliphatic rings. The maximum Gasteiger partial charge on any atom is 0.252 e. The molecule has 1 atom stereocenters. The van der Waals surface area contributed by atoms with Crippen LogP contribution in [0.4, 0.5) is 0 Å². The summed E-state index contributed by atoms with van der Waals surface area (Å²) in [6.07, 6.45) is 0.181. The van der Waals surface area contributed by atoms with E-state index in [-0.39, 0.29) is 12.0 Å². The third-order valence-corrected chi connectivity index (χ3v) is 2.66. The molecule has 1 aromatic rings. The number of amides is 1. The van der Waals surface area contributed by atoms with Crippen molar-refractivity contribution >= 4 is 21.8 Å². The van der Waals surface area contributed by atoms with Crippen LogP contribution in [0.2, 0.25) is 0 Å². The molecule has 0 fully saturated rings. The van der Waals surface area contributed by atoms with Gasteiger partial charge in [0, 0.05) is 11.0 Å². The van der Waals surface area contributed by atoms with Crippen LogP contribution in [0.5, 0.6) is 0 Å². The van der Waals surface area contributed by atoms with Gasteiger partial charge in [0.2, 0.25) is 0 Å². The van der Waals surface area contributed by atoms with E-state index in [1.165, 1.54) is 0 Å². The van der Waals surface area contributed by atoms with Crippen molar-refractivity contribution in [3.63, 3.8) is 0 Å². The summed E-state index contributed by atoms with van der Waals surface area (Å²) in [7, 11) is 0. The molecule has 0 aromatic heterocycles. The third-order valence-electron chi connectivity index (χ3n) is 1.97. The van der Waals surface area contributed by atoms with E-state index in [9.17, 15) is 4.79 Å². The van der Waals surface area contributed by atoms with E-state index >= 15 is 0 Å². The molecule has 0 bridgehead atoms. The fraction of sp³-hybridized carbons (Fsp3) is 0.364. The van der Waals surface area contributed by atoms with E-state index in [0.29, 0.717) is 18.5 Å². The summed E-state index contributed by atoms with van der Waals surface area (Å²) < 4.78 is 0.777. The van der Waals surface area contributed by atoms with Crippen LogP contribution < -0.4 is 5.32 Å². The highest BCUT2D eigenvalue weighted by Gasteiger charge is 2.08. The Morgan fingerprint density at radius 2 is 2.20 bits per heavy atom. The number of aliphatic hydroxyl groups excluding tert-OH is 1. The molecular weight excluding hydrogens is 258 g/mol. The van der Waals surface area contributed by atoms with E-state index in [4.69, 9.17) is 5.11 Å². The quantitative estimate of drug-likeness (QED) is 0.880. The molecule has 0 radical (unpaired) electrons. The molecule has 1 unspecified atom stereocenters. The van der Waals surface area contributed by atoms with E-state index < -0.39 is 0 Å². The van der Waals surface area contributed by atoms with E-state index in [1.54, 1.807) is 13.0 Å². The Balaban J connectivity index is 2.51. The molecule has 0 saturated heterocycles. The van der Waals surface area contributed by atoms with Gasteiger partial charge in [0.1, 0.15) is 0 Å². The predicted octanol–water partition coefficient (Wildman–Crippen LogP) is 1.95. The van der Waals surface area contributed by atoms with Crippen LogP contribution in [0.1, 0.15) is 23.7 Å². The van der Waals surface area contributed by atoms with E-state index in [2.05, 4.69) is 21.2 Å². The molecule has 0 aliphatic carbocycles. The average molecular weight is 272 g/mol. The lowest BCUT2D eigenvalue weighted by Crippen LogP contribution is -2.26. The van der Waals surface area contributed by atoms with Gasteiger partial charge in [0.25, 0.3) is 5.91 Å². The Morgan fingerprint density at radius 3 is 2.80 bits per heavy atom. The van der Waals surface area contributed by atoms with Gasteiger partial charge >= 0.3 is 0 Å². The molecule has 1 rings (SSSR count). The summed E-state index contributed by atoms with van der Waals surface area (Å²) in [5.41, 5.74) is 0.614. The molecule has 0 aliphatic heterocycles. The number of hydrogen-bond acceptors (Lipinski definition) is 2. The van der Waals surface area contributed by atoms with Crippen molar-refractivity contribution in [3.8, 4) is 0 Å². The van der Waals surface area contributed by atoms with Gasteiger partial charge in [-0.15, -0.1) is 0 Å². The Bertz CT molecular complexity index is 339. The van der Waals surface area contributed by atoms with Gasteiger partial charge in [-0.25, -0.2) is 0 Å². The van der Waals surface area contributed by atoms with Gasteiger partial charge in [0.15, 0.2) is 0 Å². The van der Waals surface area contributed by atoms with Gasteiger partial charge in [-0.3, -0.25) is 4.79 Å². The molecule has 4 heteroatoms. The highest BCUT2D eigenvalue weighted by Crippen LogP contribution is 2.15. The van der Waals surface area contributed by atoms with Crippen LogP contribution in [0.3, 0.4) is 0 Å². The van der Waals surface area contributed by atoms with Crippen LogP contribution in [0, 0.1) is 0 Å².